The number of nitrogens with zero attached hydrogens (tertiary/aromatic N) is 2. The van der Waals surface area contributed by atoms with Crippen LogP contribution in [0.4, 0.5) is 11.4 Å². The van der Waals surface area contributed by atoms with Crippen molar-refractivity contribution in [3.05, 3.63) is 63.7 Å². The summed E-state index contributed by atoms with van der Waals surface area (Å²) < 4.78 is 32.3. The third-order valence-electron chi connectivity index (χ3n) is 5.52. The minimum absolute atomic E-state index is 0.00689. The molecule has 1 aliphatic heterocycles. The highest BCUT2D eigenvalue weighted by Crippen LogP contribution is 2.27. The van der Waals surface area contributed by atoms with Crippen LogP contribution in [0.25, 0.3) is 0 Å². The van der Waals surface area contributed by atoms with Gasteiger partial charge in [0.1, 0.15) is 5.69 Å². The maximum absolute atomic E-state index is 13.0. The van der Waals surface area contributed by atoms with Crippen molar-refractivity contribution in [3.63, 3.8) is 0 Å². The monoisotopic (exact) mass is 489 g/mol. The number of anilines is 1. The summed E-state index contributed by atoms with van der Waals surface area (Å²) in [6, 6.07) is 9.66. The number of nitro groups is 1. The number of rotatable bonds is 7. The Bertz CT molecular complexity index is 1190. The Hall–Kier alpha value is -3.31. The average Bonchev–Trinajstić information content (AvgIpc) is 2.78. The lowest BCUT2D eigenvalue weighted by Gasteiger charge is -2.34. The highest BCUT2D eigenvalue weighted by atomic mass is 32.2. The fourth-order valence-electron chi connectivity index (χ4n) is 4.01. The molecule has 3 rings (SSSR count). The molecule has 182 valence electrons. The van der Waals surface area contributed by atoms with Crippen molar-refractivity contribution in [3.8, 4) is 0 Å². The lowest BCUT2D eigenvalue weighted by Crippen LogP contribution is -2.42. The van der Waals surface area contributed by atoms with Gasteiger partial charge in [0.15, 0.2) is 6.61 Å². The van der Waals surface area contributed by atoms with Gasteiger partial charge in [-0.3, -0.25) is 14.9 Å². The number of carbonyl (C=O) groups is 2. The maximum atomic E-state index is 13.0. The number of piperidine rings is 1. The van der Waals surface area contributed by atoms with E-state index in [0.717, 1.165) is 6.42 Å². The van der Waals surface area contributed by atoms with Crippen LogP contribution in [-0.4, -0.2) is 49.2 Å². The van der Waals surface area contributed by atoms with Crippen molar-refractivity contribution in [2.45, 2.75) is 32.1 Å². The molecule has 1 fully saturated rings. The number of sulfonamides is 1. The third-order valence-corrected chi connectivity index (χ3v) is 7.37. The Morgan fingerprint density at radius 1 is 1.12 bits per heavy atom. The molecule has 11 heteroatoms. The topological polar surface area (TPSA) is 136 Å². The normalized spacial score (nSPS) is 18.8. The van der Waals surface area contributed by atoms with Gasteiger partial charge in [-0.1, -0.05) is 19.9 Å². The molecule has 2 atom stereocenters. The molecule has 1 heterocycles. The fourth-order valence-corrected chi connectivity index (χ4v) is 5.69. The summed E-state index contributed by atoms with van der Waals surface area (Å²) in [6.45, 7) is 5.96. The van der Waals surface area contributed by atoms with E-state index in [1.165, 1.54) is 40.7 Å². The van der Waals surface area contributed by atoms with Crippen molar-refractivity contribution in [1.29, 1.82) is 0 Å². The number of aryl methyl sites for hydroxylation is 1. The molecule has 0 unspecified atom stereocenters. The Kier molecular flexibility index (Phi) is 7.68. The van der Waals surface area contributed by atoms with Crippen molar-refractivity contribution in [2.24, 2.45) is 11.8 Å². The molecule has 0 spiro atoms. The number of nitrogens with one attached hydrogen (secondary N) is 1. The van der Waals surface area contributed by atoms with Crippen LogP contribution in [0.2, 0.25) is 0 Å². The lowest BCUT2D eigenvalue weighted by atomic mass is 9.94. The van der Waals surface area contributed by atoms with Gasteiger partial charge in [0.05, 0.1) is 15.4 Å². The van der Waals surface area contributed by atoms with Gasteiger partial charge in [-0.25, -0.2) is 13.2 Å². The zero-order valence-electron chi connectivity index (χ0n) is 19.2. The summed E-state index contributed by atoms with van der Waals surface area (Å²) in [5, 5.41) is 13.5. The molecule has 0 radical (unpaired) electrons. The number of carbonyl (C=O) groups excluding carboxylic acids is 2. The second-order valence-electron chi connectivity index (χ2n) is 8.69. The van der Waals surface area contributed by atoms with Gasteiger partial charge in [0, 0.05) is 19.2 Å². The molecule has 1 saturated heterocycles. The number of hydrogen-bond acceptors (Lipinski definition) is 7. The van der Waals surface area contributed by atoms with Gasteiger partial charge in [0.2, 0.25) is 10.0 Å². The number of ether oxygens (including phenoxy) is 1. The van der Waals surface area contributed by atoms with E-state index in [-0.39, 0.29) is 33.7 Å². The summed E-state index contributed by atoms with van der Waals surface area (Å²) in [5.74, 6) is -1.04. The maximum Gasteiger partial charge on any atom is 0.338 e. The Labute approximate surface area is 198 Å². The predicted molar refractivity (Wildman–Crippen MR) is 125 cm³/mol. The smallest absolute Gasteiger partial charge is 0.338 e. The van der Waals surface area contributed by atoms with Crippen molar-refractivity contribution in [1.82, 2.24) is 4.31 Å². The summed E-state index contributed by atoms with van der Waals surface area (Å²) in [5.41, 5.74) is 0.459. The SMILES string of the molecule is Cc1ccc(NC(=O)COC(=O)c2ccc(S(=O)(=O)N3C[C@@H](C)C[C@H](C)C3)cc2)c([N+](=O)[O-])c1. The molecule has 0 aliphatic carbocycles. The summed E-state index contributed by atoms with van der Waals surface area (Å²) in [6.07, 6.45) is 0.974. The highest BCUT2D eigenvalue weighted by Gasteiger charge is 2.31. The molecule has 0 aromatic heterocycles. The molecule has 1 aliphatic rings. The first-order valence-corrected chi connectivity index (χ1v) is 12.2. The Balaban J connectivity index is 1.61. The van der Waals surface area contributed by atoms with Gasteiger partial charge >= 0.3 is 5.97 Å². The average molecular weight is 490 g/mol. The van der Waals surface area contributed by atoms with E-state index in [1.54, 1.807) is 13.0 Å². The predicted octanol–water partition coefficient (Wildman–Crippen LogP) is 3.37. The van der Waals surface area contributed by atoms with E-state index in [0.29, 0.717) is 18.7 Å². The van der Waals surface area contributed by atoms with Crippen LogP contribution < -0.4 is 5.32 Å². The molecular weight excluding hydrogens is 462 g/mol. The lowest BCUT2D eigenvalue weighted by molar-refractivity contribution is -0.384. The van der Waals surface area contributed by atoms with E-state index in [2.05, 4.69) is 5.32 Å². The number of benzene rings is 2. The van der Waals surface area contributed by atoms with Gasteiger partial charge in [-0.15, -0.1) is 0 Å². The van der Waals surface area contributed by atoms with Crippen LogP contribution in [-0.2, 0) is 19.6 Å². The van der Waals surface area contributed by atoms with Crippen molar-refractivity contribution in [2.75, 3.05) is 25.0 Å². The summed E-state index contributed by atoms with van der Waals surface area (Å²) in [7, 11) is -3.68. The first-order valence-electron chi connectivity index (χ1n) is 10.8. The minimum atomic E-state index is -3.68. The largest absolute Gasteiger partial charge is 0.452 e. The zero-order valence-corrected chi connectivity index (χ0v) is 20.0. The summed E-state index contributed by atoms with van der Waals surface area (Å²) in [4.78, 5) is 35.0. The van der Waals surface area contributed by atoms with Crippen molar-refractivity contribution < 1.29 is 27.7 Å². The Morgan fingerprint density at radius 3 is 2.32 bits per heavy atom. The zero-order chi connectivity index (χ0) is 25.0. The van der Waals surface area contributed by atoms with Crippen LogP contribution in [0.15, 0.2) is 47.4 Å². The van der Waals surface area contributed by atoms with Crippen LogP contribution in [0.3, 0.4) is 0 Å². The molecule has 34 heavy (non-hydrogen) atoms. The Morgan fingerprint density at radius 2 is 1.74 bits per heavy atom. The molecule has 1 N–H and O–H groups in total. The quantitative estimate of drug-likeness (QED) is 0.358. The van der Waals surface area contributed by atoms with Gasteiger partial charge in [0.25, 0.3) is 11.6 Å². The first-order chi connectivity index (χ1) is 16.0. The molecule has 2 aromatic rings. The van der Waals surface area contributed by atoms with Crippen molar-refractivity contribution >= 4 is 33.3 Å². The number of amides is 1. The van der Waals surface area contributed by atoms with E-state index >= 15 is 0 Å². The van der Waals surface area contributed by atoms with Gasteiger partial charge in [-0.2, -0.15) is 4.31 Å². The molecular formula is C23H27N3O7S. The van der Waals surface area contributed by atoms with E-state index in [4.69, 9.17) is 4.74 Å². The number of hydrogen-bond donors (Lipinski definition) is 1. The first kappa shape index (κ1) is 25.3. The highest BCUT2D eigenvalue weighted by molar-refractivity contribution is 7.89. The van der Waals surface area contributed by atoms with E-state index < -0.39 is 33.4 Å². The second-order valence-corrected chi connectivity index (χ2v) is 10.6. The molecule has 1 amide bonds. The second kappa shape index (κ2) is 10.3. The number of nitro benzene ring substituents is 1. The van der Waals surface area contributed by atoms with Gasteiger partial charge in [-0.05, 0) is 61.1 Å². The van der Waals surface area contributed by atoms with E-state index in [1.807, 2.05) is 13.8 Å². The third kappa shape index (κ3) is 5.97. The molecule has 2 aromatic carbocycles. The summed E-state index contributed by atoms with van der Waals surface area (Å²) >= 11 is 0. The van der Waals surface area contributed by atoms with Crippen LogP contribution >= 0.6 is 0 Å². The van der Waals surface area contributed by atoms with Crippen LogP contribution in [0.5, 0.6) is 0 Å². The molecule has 10 nitrogen and oxygen atoms in total. The molecule has 0 saturated carbocycles. The minimum Gasteiger partial charge on any atom is -0.452 e. The molecule has 0 bridgehead atoms. The van der Waals surface area contributed by atoms with Crippen LogP contribution in [0.1, 0.15) is 36.2 Å². The van der Waals surface area contributed by atoms with E-state index in [9.17, 15) is 28.1 Å². The van der Waals surface area contributed by atoms with Crippen LogP contribution in [0, 0.1) is 28.9 Å². The van der Waals surface area contributed by atoms with Gasteiger partial charge < -0.3 is 10.1 Å². The standard InChI is InChI=1S/C23H27N3O7S/c1-15-4-9-20(21(11-15)26(29)30)24-22(27)14-33-23(28)18-5-7-19(8-6-18)34(31,32)25-12-16(2)10-17(3)13-25/h4-9,11,16-17H,10,12-14H2,1-3H3,(H,24,27)/t16-,17-/m0/s1. The fraction of sp³-hybridized carbons (Fsp3) is 0.391. The number of esters is 1.